The van der Waals surface area contributed by atoms with E-state index in [0.29, 0.717) is 11.8 Å². The van der Waals surface area contributed by atoms with Crippen molar-refractivity contribution in [3.8, 4) is 0 Å². The molecular formula is C39H52S. The number of hydrogen-bond donors (Lipinski definition) is 0. The maximum Gasteiger partial charge on any atom is 0.0345 e. The van der Waals surface area contributed by atoms with Crippen molar-refractivity contribution in [3.05, 3.63) is 97.1 Å². The maximum absolute atomic E-state index is 2.54. The topological polar surface area (TPSA) is 0 Å². The molecule has 2 unspecified atom stereocenters. The number of thiophene rings is 1. The molecule has 1 aromatic heterocycles. The van der Waals surface area contributed by atoms with Crippen LogP contribution in [0.5, 0.6) is 0 Å². The van der Waals surface area contributed by atoms with Gasteiger partial charge in [-0.1, -0.05) is 130 Å². The molecule has 4 aliphatic carbocycles. The molecule has 0 amide bonds. The van der Waals surface area contributed by atoms with Crippen LogP contribution < -0.4 is 9.75 Å². The SMILES string of the molecule is C1=Cc2c3c(c4ccccc4c2C=CC1)C1CC1C(C1=CCC=c2ccsc2=C1)=C3.CC.CC.CC.CC.CC. The molecule has 7 rings (SSSR count). The summed E-state index contributed by atoms with van der Waals surface area (Å²) >= 11 is 1.86. The predicted molar refractivity (Wildman–Crippen MR) is 187 cm³/mol. The van der Waals surface area contributed by atoms with E-state index in [0.717, 1.165) is 12.8 Å². The molecule has 2 atom stereocenters. The summed E-state index contributed by atoms with van der Waals surface area (Å²) in [6.45, 7) is 20.0. The molecule has 4 aliphatic rings. The van der Waals surface area contributed by atoms with Crippen molar-refractivity contribution in [2.75, 3.05) is 0 Å². The molecule has 0 aliphatic heterocycles. The van der Waals surface area contributed by atoms with Gasteiger partial charge in [-0.2, -0.15) is 0 Å². The highest BCUT2D eigenvalue weighted by Crippen LogP contribution is 2.60. The van der Waals surface area contributed by atoms with Crippen LogP contribution in [-0.2, 0) is 0 Å². The van der Waals surface area contributed by atoms with Gasteiger partial charge in [0, 0.05) is 4.53 Å². The Balaban J connectivity index is 0.000000510. The van der Waals surface area contributed by atoms with Gasteiger partial charge in [0.25, 0.3) is 0 Å². The van der Waals surface area contributed by atoms with Crippen LogP contribution in [0.3, 0.4) is 0 Å². The second-order valence-electron chi connectivity index (χ2n) is 8.77. The number of fused-ring (bicyclic) bond motifs is 9. The third-order valence-electron chi connectivity index (χ3n) is 7.10. The minimum atomic E-state index is 0.667. The van der Waals surface area contributed by atoms with Crippen LogP contribution in [0.4, 0.5) is 0 Å². The molecule has 0 spiro atoms. The molecule has 1 saturated carbocycles. The van der Waals surface area contributed by atoms with Crippen molar-refractivity contribution in [2.24, 2.45) is 5.92 Å². The van der Waals surface area contributed by atoms with Gasteiger partial charge in [0.2, 0.25) is 0 Å². The van der Waals surface area contributed by atoms with Crippen LogP contribution in [-0.4, -0.2) is 0 Å². The minimum Gasteiger partial charge on any atom is -0.144 e. The minimum absolute atomic E-state index is 0.667. The lowest BCUT2D eigenvalue weighted by Crippen LogP contribution is -2.16. The highest BCUT2D eigenvalue weighted by Gasteiger charge is 2.46. The Kier molecular flexibility index (Phi) is 14.2. The first-order valence-corrected chi connectivity index (χ1v) is 16.9. The molecule has 40 heavy (non-hydrogen) atoms. The summed E-state index contributed by atoms with van der Waals surface area (Å²) in [6, 6.07) is 11.3. The maximum atomic E-state index is 2.54. The van der Waals surface area contributed by atoms with E-state index < -0.39 is 0 Å². The molecule has 0 bridgehead atoms. The summed E-state index contributed by atoms with van der Waals surface area (Å²) in [7, 11) is 0. The number of rotatable bonds is 1. The normalized spacial score (nSPS) is 17.9. The van der Waals surface area contributed by atoms with Gasteiger partial charge in [-0.3, -0.25) is 0 Å². The highest BCUT2D eigenvalue weighted by atomic mass is 32.1. The van der Waals surface area contributed by atoms with E-state index in [1.807, 2.05) is 80.6 Å². The Labute approximate surface area is 249 Å². The van der Waals surface area contributed by atoms with E-state index in [9.17, 15) is 0 Å². The Hall–Kier alpha value is -2.90. The lowest BCUT2D eigenvalue weighted by molar-refractivity contribution is 0.952. The average molecular weight is 553 g/mol. The summed E-state index contributed by atoms with van der Waals surface area (Å²) in [5.41, 5.74) is 8.87. The number of benzene rings is 2. The van der Waals surface area contributed by atoms with Gasteiger partial charge in [-0.05, 0) is 104 Å². The molecule has 1 fully saturated rings. The molecule has 2 aromatic carbocycles. The second kappa shape index (κ2) is 17.0. The van der Waals surface area contributed by atoms with Gasteiger partial charge in [-0.25, -0.2) is 0 Å². The molecule has 0 saturated heterocycles. The van der Waals surface area contributed by atoms with Crippen molar-refractivity contribution in [1.82, 2.24) is 0 Å². The zero-order valence-electron chi connectivity index (χ0n) is 26.8. The summed E-state index contributed by atoms with van der Waals surface area (Å²) < 4.78 is 1.41. The summed E-state index contributed by atoms with van der Waals surface area (Å²) in [6.07, 6.45) is 22.4. The first-order chi connectivity index (χ1) is 19.9. The molecule has 1 heteroatoms. The Morgan fingerprint density at radius 1 is 0.625 bits per heavy atom. The lowest BCUT2D eigenvalue weighted by Gasteiger charge is -2.23. The summed E-state index contributed by atoms with van der Waals surface area (Å²) in [5, 5.41) is 6.48. The zero-order valence-corrected chi connectivity index (χ0v) is 27.6. The average Bonchev–Trinajstić information content (AvgIpc) is 3.82. The monoisotopic (exact) mass is 552 g/mol. The molecule has 1 heterocycles. The molecule has 0 radical (unpaired) electrons. The van der Waals surface area contributed by atoms with Crippen LogP contribution in [0.15, 0.2) is 65.1 Å². The summed E-state index contributed by atoms with van der Waals surface area (Å²) in [5.74, 6) is 1.34. The number of hydrogen-bond acceptors (Lipinski definition) is 1. The second-order valence-corrected chi connectivity index (χ2v) is 9.72. The van der Waals surface area contributed by atoms with Gasteiger partial charge in [-0.15, -0.1) is 11.3 Å². The van der Waals surface area contributed by atoms with Gasteiger partial charge < -0.3 is 0 Å². The molecule has 0 nitrogen and oxygen atoms in total. The quantitative estimate of drug-likeness (QED) is 0.282. The Morgan fingerprint density at radius 2 is 1.27 bits per heavy atom. The van der Waals surface area contributed by atoms with E-state index >= 15 is 0 Å². The fourth-order valence-corrected chi connectivity index (χ4v) is 6.49. The Bertz CT molecular complexity index is 1470. The Morgan fingerprint density at radius 3 is 1.98 bits per heavy atom. The van der Waals surface area contributed by atoms with E-state index in [2.05, 4.69) is 84.3 Å². The third kappa shape index (κ3) is 6.69. The molecule has 214 valence electrons. The van der Waals surface area contributed by atoms with Crippen LogP contribution in [0, 0.1) is 5.92 Å². The van der Waals surface area contributed by atoms with Crippen LogP contribution in [0.1, 0.15) is 117 Å². The predicted octanol–water partition coefficient (Wildman–Crippen LogP) is 11.6. The van der Waals surface area contributed by atoms with Crippen molar-refractivity contribution >= 4 is 52.5 Å². The van der Waals surface area contributed by atoms with Gasteiger partial charge in [0.05, 0.1) is 0 Å². The van der Waals surface area contributed by atoms with Gasteiger partial charge in [0.15, 0.2) is 0 Å². The van der Waals surface area contributed by atoms with Crippen molar-refractivity contribution in [2.45, 2.75) is 94.4 Å². The molecule has 0 N–H and O–H groups in total. The van der Waals surface area contributed by atoms with E-state index in [-0.39, 0.29) is 0 Å². The molecule has 3 aromatic rings. The van der Waals surface area contributed by atoms with E-state index in [1.165, 1.54) is 49.2 Å². The van der Waals surface area contributed by atoms with Gasteiger partial charge in [0.1, 0.15) is 0 Å². The standard InChI is InChI=1S/C29H22S.5C2H6/c1-2-9-20-21-11-4-5-12-23(21)29-26(22(20)10-3-1)16-24(25-17-27(25)29)19-8-6-7-18-13-14-30-28(18)15-19;5*1-2/h2-5,7-16,25,27H,1,6,17H2;5*1-2H3. The van der Waals surface area contributed by atoms with Gasteiger partial charge >= 0.3 is 0 Å². The fraction of sp³-hybridized carbons (Fsp3) is 0.385. The lowest BCUT2D eigenvalue weighted by atomic mass is 9.81. The largest absolute Gasteiger partial charge is 0.144 e. The first-order valence-electron chi connectivity index (χ1n) is 16.0. The number of allylic oxidation sites excluding steroid dienone is 5. The highest BCUT2D eigenvalue weighted by molar-refractivity contribution is 7.07. The smallest absolute Gasteiger partial charge is 0.0345 e. The first kappa shape index (κ1) is 33.3. The van der Waals surface area contributed by atoms with Crippen LogP contribution >= 0.6 is 11.3 Å². The zero-order chi connectivity index (χ0) is 29.7. The van der Waals surface area contributed by atoms with E-state index in [1.54, 1.807) is 11.1 Å². The third-order valence-corrected chi connectivity index (χ3v) is 7.98. The van der Waals surface area contributed by atoms with Crippen molar-refractivity contribution in [1.29, 1.82) is 0 Å². The van der Waals surface area contributed by atoms with Crippen molar-refractivity contribution < 1.29 is 0 Å². The fourth-order valence-electron chi connectivity index (χ4n) is 5.65. The molecular weight excluding hydrogens is 500 g/mol. The van der Waals surface area contributed by atoms with Crippen LogP contribution in [0.25, 0.3) is 41.2 Å². The summed E-state index contributed by atoms with van der Waals surface area (Å²) in [4.78, 5) is 0. The van der Waals surface area contributed by atoms with Crippen LogP contribution in [0.2, 0.25) is 0 Å². The van der Waals surface area contributed by atoms with Crippen molar-refractivity contribution in [3.63, 3.8) is 0 Å². The van der Waals surface area contributed by atoms with E-state index in [4.69, 9.17) is 0 Å².